The summed E-state index contributed by atoms with van der Waals surface area (Å²) in [4.78, 5) is 12.8. The van der Waals surface area contributed by atoms with E-state index in [-0.39, 0.29) is 37.1 Å². The lowest BCUT2D eigenvalue weighted by atomic mass is 10.0. The van der Waals surface area contributed by atoms with Crippen molar-refractivity contribution in [2.75, 3.05) is 18.5 Å². The van der Waals surface area contributed by atoms with Gasteiger partial charge in [0.15, 0.2) is 0 Å². The number of aliphatic hydroxyl groups is 2. The highest BCUT2D eigenvalue weighted by molar-refractivity contribution is 5.85. The first kappa shape index (κ1) is 22.2. The monoisotopic (exact) mass is 381 g/mol. The van der Waals surface area contributed by atoms with Gasteiger partial charge in [-0.2, -0.15) is 5.10 Å². The van der Waals surface area contributed by atoms with Gasteiger partial charge in [-0.25, -0.2) is 4.68 Å². The molecule has 26 heavy (non-hydrogen) atoms. The van der Waals surface area contributed by atoms with E-state index in [0.29, 0.717) is 17.8 Å². The first-order valence-corrected chi connectivity index (χ1v) is 8.54. The molecular weight excluding hydrogens is 354 g/mol. The highest BCUT2D eigenvalue weighted by Gasteiger charge is 2.18. The third kappa shape index (κ3) is 5.06. The Balaban J connectivity index is 0.00000338. The molecule has 0 saturated carbocycles. The number of halogens is 1. The Morgan fingerprint density at radius 3 is 2.19 bits per heavy atom. The van der Waals surface area contributed by atoms with Crippen LogP contribution in [0.2, 0.25) is 0 Å². The molecule has 0 bridgehead atoms. The fraction of sp³-hybridized carbons (Fsp3) is 0.474. The van der Waals surface area contributed by atoms with Crippen molar-refractivity contribution in [1.82, 2.24) is 9.78 Å². The summed E-state index contributed by atoms with van der Waals surface area (Å²) in [5.41, 5.74) is 3.63. The average molecular weight is 382 g/mol. The van der Waals surface area contributed by atoms with E-state index in [1.165, 1.54) is 4.68 Å². The Kier molecular flexibility index (Phi) is 8.27. The van der Waals surface area contributed by atoms with Crippen molar-refractivity contribution in [2.24, 2.45) is 5.92 Å². The molecule has 0 spiro atoms. The Labute approximate surface area is 160 Å². The summed E-state index contributed by atoms with van der Waals surface area (Å²) >= 11 is 0. The molecule has 6 nitrogen and oxygen atoms in total. The number of benzene rings is 1. The lowest BCUT2D eigenvalue weighted by Gasteiger charge is -2.20. The first-order chi connectivity index (χ1) is 11.9. The minimum atomic E-state index is -0.591. The van der Waals surface area contributed by atoms with Gasteiger partial charge in [0.1, 0.15) is 5.69 Å². The van der Waals surface area contributed by atoms with E-state index in [2.05, 4.69) is 10.4 Å². The maximum atomic E-state index is 12.8. The van der Waals surface area contributed by atoms with Gasteiger partial charge >= 0.3 is 0 Å². The van der Waals surface area contributed by atoms with Crippen LogP contribution in [0.15, 0.2) is 29.1 Å². The molecular formula is C19H28ClN3O3. The van der Waals surface area contributed by atoms with Crippen LogP contribution < -0.4 is 10.9 Å². The van der Waals surface area contributed by atoms with Crippen LogP contribution in [0.1, 0.15) is 25.0 Å². The van der Waals surface area contributed by atoms with Crippen molar-refractivity contribution in [3.05, 3.63) is 45.7 Å². The number of anilines is 1. The average Bonchev–Trinajstić information content (AvgIpc) is 2.58. The second-order valence-electron chi connectivity index (χ2n) is 6.80. The van der Waals surface area contributed by atoms with Crippen LogP contribution in [0.3, 0.4) is 0 Å². The normalized spacial score (nSPS) is 10.9. The molecule has 1 aromatic heterocycles. The number of aryl methyl sites for hydroxylation is 1. The van der Waals surface area contributed by atoms with Crippen LogP contribution in [0.5, 0.6) is 0 Å². The summed E-state index contributed by atoms with van der Waals surface area (Å²) in [6, 6.07) is 7.38. The molecule has 3 N–H and O–H groups in total. The van der Waals surface area contributed by atoms with Gasteiger partial charge in [-0.15, -0.1) is 12.4 Å². The van der Waals surface area contributed by atoms with E-state index in [9.17, 15) is 15.0 Å². The molecule has 7 heteroatoms. The second kappa shape index (κ2) is 9.71. The molecule has 0 fully saturated rings. The lowest BCUT2D eigenvalue weighted by molar-refractivity contribution is 0.203. The number of nitrogens with zero attached hydrogens (tertiary/aromatic N) is 2. The maximum Gasteiger partial charge on any atom is 0.290 e. The van der Waals surface area contributed by atoms with Gasteiger partial charge in [-0.3, -0.25) is 4.79 Å². The van der Waals surface area contributed by atoms with Gasteiger partial charge in [0.2, 0.25) is 0 Å². The minimum Gasteiger partial charge on any atom is -0.394 e. The smallest absolute Gasteiger partial charge is 0.290 e. The molecule has 0 atom stereocenters. The van der Waals surface area contributed by atoms with Gasteiger partial charge in [-0.1, -0.05) is 43.7 Å². The van der Waals surface area contributed by atoms with Gasteiger partial charge in [-0.05, 0) is 19.8 Å². The maximum absolute atomic E-state index is 12.8. The van der Waals surface area contributed by atoms with Crippen LogP contribution in [0, 0.1) is 19.8 Å². The summed E-state index contributed by atoms with van der Waals surface area (Å²) in [5, 5.41) is 26.3. The van der Waals surface area contributed by atoms with E-state index in [1.54, 1.807) is 0 Å². The van der Waals surface area contributed by atoms with Gasteiger partial charge in [0.05, 0.1) is 24.9 Å². The number of hydrogen-bond acceptors (Lipinski definition) is 5. The Morgan fingerprint density at radius 1 is 1.12 bits per heavy atom. The number of aromatic nitrogens is 2. The fourth-order valence-electron chi connectivity index (χ4n) is 2.63. The summed E-state index contributed by atoms with van der Waals surface area (Å²) in [6.07, 6.45) is 0. The number of hydrogen-bond donors (Lipinski definition) is 3. The Bertz CT molecular complexity index is 769. The van der Waals surface area contributed by atoms with E-state index < -0.39 is 6.04 Å². The predicted octanol–water partition coefficient (Wildman–Crippen LogP) is 2.37. The van der Waals surface area contributed by atoms with E-state index in [4.69, 9.17) is 0 Å². The molecule has 1 aromatic carbocycles. The topological polar surface area (TPSA) is 87.4 Å². The van der Waals surface area contributed by atoms with Gasteiger partial charge in [0.25, 0.3) is 5.56 Å². The van der Waals surface area contributed by atoms with Gasteiger partial charge in [0, 0.05) is 17.7 Å². The summed E-state index contributed by atoms with van der Waals surface area (Å²) in [5.74, 6) is 0.262. The third-order valence-electron chi connectivity index (χ3n) is 4.05. The number of aliphatic hydroxyl groups excluding tert-OH is 2. The van der Waals surface area contributed by atoms with Gasteiger partial charge < -0.3 is 15.5 Å². The van der Waals surface area contributed by atoms with Crippen molar-refractivity contribution in [3.63, 3.8) is 0 Å². The first-order valence-electron chi connectivity index (χ1n) is 8.54. The molecule has 0 saturated heterocycles. The van der Waals surface area contributed by atoms with E-state index in [1.807, 2.05) is 52.0 Å². The van der Waals surface area contributed by atoms with Crippen LogP contribution in [-0.2, 0) is 6.54 Å². The SMILES string of the molecule is Cc1ccc(-c2nn(CC(C)C)c(=O)c(NC(CO)CO)c2C)cc1.Cl. The number of nitrogens with one attached hydrogen (secondary N) is 1. The van der Waals surface area contributed by atoms with Crippen molar-refractivity contribution in [1.29, 1.82) is 0 Å². The fourth-order valence-corrected chi connectivity index (χ4v) is 2.63. The zero-order valence-corrected chi connectivity index (χ0v) is 16.5. The molecule has 0 unspecified atom stereocenters. The molecule has 2 aromatic rings. The second-order valence-corrected chi connectivity index (χ2v) is 6.80. The Hall–Kier alpha value is -1.89. The molecule has 0 radical (unpaired) electrons. The summed E-state index contributed by atoms with van der Waals surface area (Å²) < 4.78 is 1.46. The highest BCUT2D eigenvalue weighted by atomic mass is 35.5. The molecule has 0 amide bonds. The summed E-state index contributed by atoms with van der Waals surface area (Å²) in [6.45, 7) is 7.87. The zero-order chi connectivity index (χ0) is 18.6. The molecule has 1 heterocycles. The molecule has 144 valence electrons. The van der Waals surface area contributed by atoms with Crippen LogP contribution in [0.25, 0.3) is 11.3 Å². The largest absolute Gasteiger partial charge is 0.394 e. The van der Waals surface area contributed by atoms with Crippen molar-refractivity contribution < 1.29 is 10.2 Å². The minimum absolute atomic E-state index is 0. The van der Waals surface area contributed by atoms with Crippen molar-refractivity contribution >= 4 is 18.1 Å². The zero-order valence-electron chi connectivity index (χ0n) is 15.7. The highest BCUT2D eigenvalue weighted by Crippen LogP contribution is 2.25. The molecule has 0 aliphatic carbocycles. The number of rotatable bonds is 7. The van der Waals surface area contributed by atoms with Crippen LogP contribution in [0.4, 0.5) is 5.69 Å². The van der Waals surface area contributed by atoms with Crippen molar-refractivity contribution in [2.45, 2.75) is 40.3 Å². The Morgan fingerprint density at radius 2 is 1.69 bits per heavy atom. The molecule has 0 aliphatic heterocycles. The van der Waals surface area contributed by atoms with Crippen molar-refractivity contribution in [3.8, 4) is 11.3 Å². The van der Waals surface area contributed by atoms with Crippen LogP contribution in [-0.4, -0.2) is 39.2 Å². The predicted molar refractivity (Wildman–Crippen MR) is 107 cm³/mol. The molecule has 2 rings (SSSR count). The lowest BCUT2D eigenvalue weighted by Crippen LogP contribution is -2.35. The van der Waals surface area contributed by atoms with Crippen LogP contribution >= 0.6 is 12.4 Å². The quantitative estimate of drug-likeness (QED) is 0.685. The summed E-state index contributed by atoms with van der Waals surface area (Å²) in [7, 11) is 0. The third-order valence-corrected chi connectivity index (χ3v) is 4.05. The molecule has 0 aliphatic rings. The standard InChI is InChI=1S/C19H27N3O3.ClH/c1-12(2)9-22-19(25)18(20-16(10-23)11-24)14(4)17(21-22)15-7-5-13(3)6-8-15;/h5-8,12,16,20,23-24H,9-11H2,1-4H3;1H. The van der Waals surface area contributed by atoms with E-state index in [0.717, 1.165) is 16.8 Å². The van der Waals surface area contributed by atoms with E-state index >= 15 is 0 Å².